The maximum atomic E-state index is 12.2. The van der Waals surface area contributed by atoms with Crippen LogP contribution >= 0.6 is 0 Å². The molecule has 5 nitrogen and oxygen atoms in total. The normalized spacial score (nSPS) is 14.9. The molecular weight excluding hydrogens is 266 g/mol. The average molecular weight is 289 g/mol. The van der Waals surface area contributed by atoms with Gasteiger partial charge in [0.05, 0.1) is 6.54 Å². The minimum Gasteiger partial charge on any atom is -0.398 e. The average Bonchev–Trinajstić information content (AvgIpc) is 2.49. The number of nitrogens with zero attached hydrogens (tertiary/aromatic N) is 1. The number of hydrogen-bond donors (Lipinski definition) is 2. The number of rotatable bonds is 3. The second kappa shape index (κ2) is 6.61. The number of aryl methyl sites for hydroxylation is 2. The molecule has 1 fully saturated rings. The van der Waals surface area contributed by atoms with Gasteiger partial charge in [0.2, 0.25) is 5.91 Å². The summed E-state index contributed by atoms with van der Waals surface area (Å²) in [5.41, 5.74) is 8.79. The van der Waals surface area contributed by atoms with Crippen molar-refractivity contribution in [2.75, 3.05) is 25.4 Å². The minimum atomic E-state index is -0.246. The van der Waals surface area contributed by atoms with Crippen LogP contribution in [0.4, 0.5) is 5.69 Å². The standard InChI is InChI=1S/C16H23N3O2/c1-11-8-12(2)14(17)9-13(11)16(21)18-10-15(20)19-6-4-3-5-7-19/h8-9H,3-7,10,17H2,1-2H3,(H,18,21). The highest BCUT2D eigenvalue weighted by molar-refractivity contribution is 5.98. The van der Waals surface area contributed by atoms with Crippen molar-refractivity contribution in [1.82, 2.24) is 10.2 Å². The Balaban J connectivity index is 1.95. The SMILES string of the molecule is Cc1cc(C)c(C(=O)NCC(=O)N2CCCCC2)cc1N. The number of likely N-dealkylation sites (tertiary alicyclic amines) is 1. The summed E-state index contributed by atoms with van der Waals surface area (Å²) in [5, 5.41) is 2.70. The van der Waals surface area contributed by atoms with Gasteiger partial charge >= 0.3 is 0 Å². The zero-order valence-corrected chi connectivity index (χ0v) is 12.7. The highest BCUT2D eigenvalue weighted by Crippen LogP contribution is 2.17. The van der Waals surface area contributed by atoms with Gasteiger partial charge in [-0.3, -0.25) is 9.59 Å². The highest BCUT2D eigenvalue weighted by Gasteiger charge is 2.18. The molecule has 1 saturated heterocycles. The van der Waals surface area contributed by atoms with Crippen molar-refractivity contribution in [3.8, 4) is 0 Å². The number of carbonyl (C=O) groups is 2. The summed E-state index contributed by atoms with van der Waals surface area (Å²) >= 11 is 0. The van der Waals surface area contributed by atoms with E-state index in [2.05, 4.69) is 5.32 Å². The smallest absolute Gasteiger partial charge is 0.252 e. The Hall–Kier alpha value is -2.04. The fourth-order valence-corrected chi connectivity index (χ4v) is 2.62. The number of piperidine rings is 1. The van der Waals surface area contributed by atoms with Crippen molar-refractivity contribution in [2.24, 2.45) is 0 Å². The molecule has 1 aromatic carbocycles. The van der Waals surface area contributed by atoms with E-state index in [1.807, 2.05) is 24.8 Å². The van der Waals surface area contributed by atoms with Gasteiger partial charge in [-0.15, -0.1) is 0 Å². The number of benzene rings is 1. The zero-order valence-electron chi connectivity index (χ0n) is 12.7. The lowest BCUT2D eigenvalue weighted by Gasteiger charge is -2.26. The van der Waals surface area contributed by atoms with Gasteiger partial charge < -0.3 is 16.0 Å². The van der Waals surface area contributed by atoms with Gasteiger partial charge in [0.25, 0.3) is 5.91 Å². The van der Waals surface area contributed by atoms with Crippen LogP contribution in [0.5, 0.6) is 0 Å². The molecule has 0 unspecified atom stereocenters. The molecule has 3 N–H and O–H groups in total. The molecule has 114 valence electrons. The largest absolute Gasteiger partial charge is 0.398 e. The van der Waals surface area contributed by atoms with Crippen LogP contribution in [-0.2, 0) is 4.79 Å². The number of nitrogen functional groups attached to an aromatic ring is 1. The van der Waals surface area contributed by atoms with Gasteiger partial charge in [-0.25, -0.2) is 0 Å². The Morgan fingerprint density at radius 3 is 2.48 bits per heavy atom. The lowest BCUT2D eigenvalue weighted by molar-refractivity contribution is -0.130. The molecule has 0 atom stereocenters. The van der Waals surface area contributed by atoms with E-state index < -0.39 is 0 Å². The number of amides is 2. The van der Waals surface area contributed by atoms with E-state index >= 15 is 0 Å². The van der Waals surface area contributed by atoms with E-state index in [-0.39, 0.29) is 18.4 Å². The number of nitrogens with two attached hydrogens (primary N) is 1. The second-order valence-corrected chi connectivity index (χ2v) is 5.65. The van der Waals surface area contributed by atoms with E-state index in [1.54, 1.807) is 6.07 Å². The zero-order chi connectivity index (χ0) is 15.4. The van der Waals surface area contributed by atoms with E-state index in [4.69, 9.17) is 5.73 Å². The van der Waals surface area contributed by atoms with Crippen molar-refractivity contribution >= 4 is 17.5 Å². The molecule has 5 heteroatoms. The van der Waals surface area contributed by atoms with Gasteiger partial charge in [-0.2, -0.15) is 0 Å². The van der Waals surface area contributed by atoms with Crippen LogP contribution in [0.1, 0.15) is 40.7 Å². The van der Waals surface area contributed by atoms with E-state index in [0.29, 0.717) is 11.3 Å². The molecular formula is C16H23N3O2. The molecule has 0 bridgehead atoms. The fraction of sp³-hybridized carbons (Fsp3) is 0.500. The molecule has 1 aromatic rings. The van der Waals surface area contributed by atoms with Crippen molar-refractivity contribution in [3.05, 3.63) is 28.8 Å². The first-order valence-electron chi connectivity index (χ1n) is 7.41. The maximum absolute atomic E-state index is 12.2. The Morgan fingerprint density at radius 1 is 1.14 bits per heavy atom. The van der Waals surface area contributed by atoms with Gasteiger partial charge in [-0.1, -0.05) is 6.07 Å². The first kappa shape index (κ1) is 15.4. The van der Waals surface area contributed by atoms with Crippen LogP contribution in [-0.4, -0.2) is 36.3 Å². The van der Waals surface area contributed by atoms with Crippen LogP contribution in [0, 0.1) is 13.8 Å². The lowest BCUT2D eigenvalue weighted by Crippen LogP contribution is -2.42. The Morgan fingerprint density at radius 2 is 1.81 bits per heavy atom. The molecule has 21 heavy (non-hydrogen) atoms. The number of hydrogen-bond acceptors (Lipinski definition) is 3. The maximum Gasteiger partial charge on any atom is 0.252 e. The molecule has 1 aliphatic rings. The second-order valence-electron chi connectivity index (χ2n) is 5.65. The third-order valence-corrected chi connectivity index (χ3v) is 3.97. The highest BCUT2D eigenvalue weighted by atomic mass is 16.2. The van der Waals surface area contributed by atoms with Gasteiger partial charge in [0, 0.05) is 24.3 Å². The van der Waals surface area contributed by atoms with E-state index in [0.717, 1.165) is 37.1 Å². The molecule has 2 amide bonds. The number of carbonyl (C=O) groups excluding carboxylic acids is 2. The lowest BCUT2D eigenvalue weighted by atomic mass is 10.0. The van der Waals surface area contributed by atoms with Crippen LogP contribution in [0.15, 0.2) is 12.1 Å². The molecule has 0 radical (unpaired) electrons. The van der Waals surface area contributed by atoms with E-state index in [1.165, 1.54) is 6.42 Å². The van der Waals surface area contributed by atoms with Gasteiger partial charge in [0.1, 0.15) is 0 Å². The summed E-state index contributed by atoms with van der Waals surface area (Å²) in [4.78, 5) is 26.0. The Labute approximate surface area is 125 Å². The van der Waals surface area contributed by atoms with Crippen molar-refractivity contribution in [3.63, 3.8) is 0 Å². The number of nitrogens with one attached hydrogen (secondary N) is 1. The van der Waals surface area contributed by atoms with Crippen molar-refractivity contribution in [1.29, 1.82) is 0 Å². The first-order chi connectivity index (χ1) is 9.99. The monoisotopic (exact) mass is 289 g/mol. The van der Waals surface area contributed by atoms with Crippen molar-refractivity contribution in [2.45, 2.75) is 33.1 Å². The predicted octanol–water partition coefficient (Wildman–Crippen LogP) is 1.63. The molecule has 0 spiro atoms. The molecule has 2 rings (SSSR count). The third-order valence-electron chi connectivity index (χ3n) is 3.97. The predicted molar refractivity (Wildman–Crippen MR) is 83.1 cm³/mol. The van der Waals surface area contributed by atoms with Crippen LogP contribution in [0.2, 0.25) is 0 Å². The Bertz CT molecular complexity index is 549. The topological polar surface area (TPSA) is 75.4 Å². The summed E-state index contributed by atoms with van der Waals surface area (Å²) < 4.78 is 0. The summed E-state index contributed by atoms with van der Waals surface area (Å²) in [6.45, 7) is 5.42. The van der Waals surface area contributed by atoms with E-state index in [9.17, 15) is 9.59 Å². The van der Waals surface area contributed by atoms with Crippen LogP contribution in [0.3, 0.4) is 0 Å². The minimum absolute atomic E-state index is 0.0132. The molecule has 0 aliphatic carbocycles. The summed E-state index contributed by atoms with van der Waals surface area (Å²) in [5.74, 6) is -0.259. The number of anilines is 1. The van der Waals surface area contributed by atoms with Gasteiger partial charge in [-0.05, 0) is 50.3 Å². The first-order valence-corrected chi connectivity index (χ1v) is 7.41. The molecule has 1 aliphatic heterocycles. The van der Waals surface area contributed by atoms with Crippen LogP contribution in [0.25, 0.3) is 0 Å². The summed E-state index contributed by atoms with van der Waals surface area (Å²) in [6.07, 6.45) is 3.28. The fourth-order valence-electron chi connectivity index (χ4n) is 2.62. The van der Waals surface area contributed by atoms with Gasteiger partial charge in [0.15, 0.2) is 0 Å². The van der Waals surface area contributed by atoms with Crippen molar-refractivity contribution < 1.29 is 9.59 Å². The molecule has 1 heterocycles. The molecule has 0 saturated carbocycles. The van der Waals surface area contributed by atoms with Crippen LogP contribution < -0.4 is 11.1 Å². The third kappa shape index (κ3) is 3.74. The quantitative estimate of drug-likeness (QED) is 0.830. The summed E-state index contributed by atoms with van der Waals surface area (Å²) in [6, 6.07) is 3.56. The Kier molecular flexibility index (Phi) is 4.83. The molecule has 0 aromatic heterocycles. The summed E-state index contributed by atoms with van der Waals surface area (Å²) in [7, 11) is 0.